The van der Waals surface area contributed by atoms with Crippen molar-refractivity contribution < 1.29 is 0 Å². The van der Waals surface area contributed by atoms with Crippen molar-refractivity contribution in [3.05, 3.63) is 18.0 Å². The lowest BCUT2D eigenvalue weighted by atomic mass is 9.67. The van der Waals surface area contributed by atoms with Crippen LogP contribution in [0.4, 0.5) is 0 Å². The van der Waals surface area contributed by atoms with Gasteiger partial charge in [-0.05, 0) is 37.2 Å². The van der Waals surface area contributed by atoms with Crippen LogP contribution in [0.2, 0.25) is 0 Å². The minimum Gasteiger partial charge on any atom is -0.356 e. The van der Waals surface area contributed by atoms with Gasteiger partial charge in [0.15, 0.2) is 5.96 Å². The highest BCUT2D eigenvalue weighted by Crippen LogP contribution is 2.42. The number of rotatable bonds is 6. The zero-order chi connectivity index (χ0) is 14.4. The van der Waals surface area contributed by atoms with Crippen LogP contribution in [0.15, 0.2) is 17.4 Å². The summed E-state index contributed by atoms with van der Waals surface area (Å²) in [5.41, 5.74) is 1.71. The fourth-order valence-electron chi connectivity index (χ4n) is 2.70. The molecule has 1 aliphatic carbocycles. The minimum atomic E-state index is 0.511. The van der Waals surface area contributed by atoms with E-state index in [-0.39, 0.29) is 0 Å². The van der Waals surface area contributed by atoms with E-state index in [1.54, 1.807) is 0 Å². The standard InChI is InChI=1S/C15H27N5/c1-4-15(6-5-7-15)12-18-14(16-3)17-8-9-20-11-13(2)10-19-20/h10-11H,4-9,12H2,1-3H3,(H2,16,17,18). The molecule has 5 nitrogen and oxygen atoms in total. The van der Waals surface area contributed by atoms with Crippen molar-refractivity contribution >= 4 is 5.96 Å². The smallest absolute Gasteiger partial charge is 0.191 e. The van der Waals surface area contributed by atoms with Gasteiger partial charge < -0.3 is 10.6 Å². The maximum atomic E-state index is 4.28. The fraction of sp³-hybridized carbons (Fsp3) is 0.733. The van der Waals surface area contributed by atoms with E-state index >= 15 is 0 Å². The van der Waals surface area contributed by atoms with Crippen molar-refractivity contribution in [3.8, 4) is 0 Å². The number of aliphatic imine (C=N–C) groups is 1. The summed E-state index contributed by atoms with van der Waals surface area (Å²) in [6.07, 6.45) is 9.26. The van der Waals surface area contributed by atoms with Crippen LogP contribution in [-0.4, -0.2) is 35.9 Å². The molecule has 0 unspecified atom stereocenters. The van der Waals surface area contributed by atoms with E-state index in [0.29, 0.717) is 5.41 Å². The molecule has 0 saturated heterocycles. The second kappa shape index (κ2) is 6.77. The fourth-order valence-corrected chi connectivity index (χ4v) is 2.70. The van der Waals surface area contributed by atoms with Crippen molar-refractivity contribution in [1.29, 1.82) is 0 Å². The summed E-state index contributed by atoms with van der Waals surface area (Å²) in [6, 6.07) is 0. The van der Waals surface area contributed by atoms with Crippen molar-refractivity contribution in [2.45, 2.75) is 46.1 Å². The van der Waals surface area contributed by atoms with E-state index in [9.17, 15) is 0 Å². The molecule has 0 aromatic carbocycles. The third-order valence-corrected chi connectivity index (χ3v) is 4.41. The number of nitrogens with one attached hydrogen (secondary N) is 2. The Balaban J connectivity index is 1.70. The highest BCUT2D eigenvalue weighted by Gasteiger charge is 2.34. The Morgan fingerprint density at radius 2 is 2.25 bits per heavy atom. The number of guanidine groups is 1. The maximum absolute atomic E-state index is 4.28. The van der Waals surface area contributed by atoms with Gasteiger partial charge in [-0.1, -0.05) is 13.3 Å². The van der Waals surface area contributed by atoms with Crippen LogP contribution in [0.1, 0.15) is 38.2 Å². The van der Waals surface area contributed by atoms with E-state index in [1.165, 1.54) is 31.2 Å². The SMILES string of the molecule is CCC1(CNC(=NC)NCCn2cc(C)cn2)CCC1. The average molecular weight is 277 g/mol. The van der Waals surface area contributed by atoms with Crippen LogP contribution >= 0.6 is 0 Å². The van der Waals surface area contributed by atoms with Gasteiger partial charge >= 0.3 is 0 Å². The molecule has 1 fully saturated rings. The molecule has 1 aromatic rings. The number of hydrogen-bond donors (Lipinski definition) is 2. The van der Waals surface area contributed by atoms with Gasteiger partial charge in [-0.15, -0.1) is 0 Å². The van der Waals surface area contributed by atoms with Gasteiger partial charge in [0.1, 0.15) is 0 Å². The third kappa shape index (κ3) is 3.74. The first-order valence-electron chi connectivity index (χ1n) is 7.61. The second-order valence-corrected chi connectivity index (χ2v) is 5.84. The quantitative estimate of drug-likeness (QED) is 0.617. The van der Waals surface area contributed by atoms with Gasteiger partial charge in [0.25, 0.3) is 0 Å². The summed E-state index contributed by atoms with van der Waals surface area (Å²) in [7, 11) is 1.83. The lowest BCUT2D eigenvalue weighted by Crippen LogP contribution is -2.46. The largest absolute Gasteiger partial charge is 0.356 e. The lowest BCUT2D eigenvalue weighted by molar-refractivity contribution is 0.131. The zero-order valence-corrected chi connectivity index (χ0v) is 12.9. The summed E-state index contributed by atoms with van der Waals surface area (Å²) < 4.78 is 1.95. The average Bonchev–Trinajstić information content (AvgIpc) is 2.81. The van der Waals surface area contributed by atoms with Gasteiger partial charge in [-0.2, -0.15) is 5.10 Å². The number of aryl methyl sites for hydroxylation is 1. The van der Waals surface area contributed by atoms with Crippen molar-refractivity contribution in [1.82, 2.24) is 20.4 Å². The summed E-state index contributed by atoms with van der Waals surface area (Å²) in [4.78, 5) is 4.28. The molecule has 1 aromatic heterocycles. The molecular formula is C15H27N5. The normalized spacial score (nSPS) is 17.6. The van der Waals surface area contributed by atoms with Gasteiger partial charge in [0.05, 0.1) is 12.7 Å². The van der Waals surface area contributed by atoms with E-state index in [0.717, 1.165) is 25.6 Å². The van der Waals surface area contributed by atoms with Crippen LogP contribution in [0, 0.1) is 12.3 Å². The highest BCUT2D eigenvalue weighted by molar-refractivity contribution is 5.79. The molecule has 2 N–H and O–H groups in total. The van der Waals surface area contributed by atoms with Crippen LogP contribution in [0.3, 0.4) is 0 Å². The Kier molecular flexibility index (Phi) is 5.04. The molecule has 5 heteroatoms. The lowest BCUT2D eigenvalue weighted by Gasteiger charge is -2.41. The Morgan fingerprint density at radius 3 is 2.75 bits per heavy atom. The molecule has 112 valence electrons. The summed E-state index contributed by atoms with van der Waals surface area (Å²) in [6.45, 7) is 7.06. The maximum Gasteiger partial charge on any atom is 0.191 e. The molecule has 20 heavy (non-hydrogen) atoms. The molecule has 1 saturated carbocycles. The first-order valence-corrected chi connectivity index (χ1v) is 7.61. The van der Waals surface area contributed by atoms with E-state index in [4.69, 9.17) is 0 Å². The molecule has 1 heterocycles. The first kappa shape index (κ1) is 14.9. The van der Waals surface area contributed by atoms with Gasteiger partial charge in [-0.3, -0.25) is 9.67 Å². The van der Waals surface area contributed by atoms with Crippen molar-refractivity contribution in [3.63, 3.8) is 0 Å². The summed E-state index contributed by atoms with van der Waals surface area (Å²) in [5, 5.41) is 11.1. The number of nitrogens with zero attached hydrogens (tertiary/aromatic N) is 3. The molecular weight excluding hydrogens is 250 g/mol. The van der Waals surface area contributed by atoms with Crippen LogP contribution in [-0.2, 0) is 6.54 Å². The Bertz CT molecular complexity index is 439. The van der Waals surface area contributed by atoms with Crippen LogP contribution in [0.25, 0.3) is 0 Å². The van der Waals surface area contributed by atoms with Crippen molar-refractivity contribution in [2.75, 3.05) is 20.1 Å². The van der Waals surface area contributed by atoms with Gasteiger partial charge in [0.2, 0.25) is 0 Å². The molecule has 0 bridgehead atoms. The molecule has 1 aliphatic rings. The Labute approximate surface area is 121 Å². The predicted octanol–water partition coefficient (Wildman–Crippen LogP) is 1.94. The van der Waals surface area contributed by atoms with Crippen molar-refractivity contribution in [2.24, 2.45) is 10.4 Å². The molecule has 0 spiro atoms. The zero-order valence-electron chi connectivity index (χ0n) is 12.9. The summed E-state index contributed by atoms with van der Waals surface area (Å²) in [5.74, 6) is 0.897. The molecule has 0 amide bonds. The second-order valence-electron chi connectivity index (χ2n) is 5.84. The van der Waals surface area contributed by atoms with E-state index in [2.05, 4.69) is 40.8 Å². The Hall–Kier alpha value is -1.52. The first-order chi connectivity index (χ1) is 9.67. The molecule has 0 radical (unpaired) electrons. The number of aromatic nitrogens is 2. The Morgan fingerprint density at radius 1 is 1.45 bits per heavy atom. The van der Waals surface area contributed by atoms with Crippen LogP contribution < -0.4 is 10.6 Å². The highest BCUT2D eigenvalue weighted by atomic mass is 15.3. The third-order valence-electron chi connectivity index (χ3n) is 4.41. The van der Waals surface area contributed by atoms with E-state index < -0.39 is 0 Å². The molecule has 0 aliphatic heterocycles. The topological polar surface area (TPSA) is 54.2 Å². The van der Waals surface area contributed by atoms with Crippen LogP contribution in [0.5, 0.6) is 0 Å². The number of hydrogen-bond acceptors (Lipinski definition) is 2. The molecule has 0 atom stereocenters. The van der Waals surface area contributed by atoms with E-state index in [1.807, 2.05) is 17.9 Å². The monoisotopic (exact) mass is 277 g/mol. The minimum absolute atomic E-state index is 0.511. The predicted molar refractivity (Wildman–Crippen MR) is 82.9 cm³/mol. The molecule has 2 rings (SSSR count). The van der Waals surface area contributed by atoms with Gasteiger partial charge in [-0.25, -0.2) is 0 Å². The van der Waals surface area contributed by atoms with Gasteiger partial charge in [0, 0.05) is 26.3 Å². The summed E-state index contributed by atoms with van der Waals surface area (Å²) >= 11 is 0.